The molecule has 0 saturated heterocycles. The van der Waals surface area contributed by atoms with Gasteiger partial charge in [-0.2, -0.15) is 12.6 Å². The molecule has 1 aromatic rings. The van der Waals surface area contributed by atoms with Crippen LogP contribution in [-0.4, -0.2) is 5.75 Å². The predicted octanol–water partition coefficient (Wildman–Crippen LogP) is 4.00. The SMILES string of the molecule is SCC1=CSC(c2cccs2)S1. The van der Waals surface area contributed by atoms with Crippen LogP contribution >= 0.6 is 47.5 Å². The number of hydrogen-bond donors (Lipinski definition) is 1. The smallest absolute Gasteiger partial charge is 0.0929 e. The zero-order chi connectivity index (χ0) is 8.39. The molecule has 0 nitrogen and oxygen atoms in total. The molecule has 0 amide bonds. The third-order valence-corrected chi connectivity index (χ3v) is 6.03. The van der Waals surface area contributed by atoms with Crippen LogP contribution in [-0.2, 0) is 0 Å². The van der Waals surface area contributed by atoms with Crippen LogP contribution in [0.1, 0.15) is 9.46 Å². The monoisotopic (exact) mass is 232 g/mol. The molecule has 1 aromatic heterocycles. The van der Waals surface area contributed by atoms with Crippen molar-refractivity contribution in [3.05, 3.63) is 32.7 Å². The quantitative estimate of drug-likeness (QED) is 0.766. The van der Waals surface area contributed by atoms with E-state index in [9.17, 15) is 0 Å². The lowest BCUT2D eigenvalue weighted by Crippen LogP contribution is -1.78. The lowest BCUT2D eigenvalue weighted by Gasteiger charge is -2.04. The highest BCUT2D eigenvalue weighted by Crippen LogP contribution is 2.51. The summed E-state index contributed by atoms with van der Waals surface area (Å²) < 4.78 is 0.590. The second kappa shape index (κ2) is 4.13. The van der Waals surface area contributed by atoms with Crippen LogP contribution in [0.5, 0.6) is 0 Å². The first-order valence-corrected chi connectivity index (χ1v) is 6.89. The van der Waals surface area contributed by atoms with Crippen molar-refractivity contribution in [3.63, 3.8) is 0 Å². The van der Waals surface area contributed by atoms with E-state index in [1.807, 2.05) is 34.9 Å². The fraction of sp³-hybridized carbons (Fsp3) is 0.250. The van der Waals surface area contributed by atoms with Gasteiger partial charge < -0.3 is 0 Å². The minimum Gasteiger partial charge on any atom is -0.174 e. The highest BCUT2D eigenvalue weighted by Gasteiger charge is 2.19. The van der Waals surface area contributed by atoms with Gasteiger partial charge in [0.15, 0.2) is 0 Å². The molecule has 0 aliphatic carbocycles. The Labute approximate surface area is 90.2 Å². The van der Waals surface area contributed by atoms with Gasteiger partial charge in [-0.05, 0) is 16.9 Å². The fourth-order valence-corrected chi connectivity index (χ4v) is 4.89. The number of rotatable bonds is 2. The molecule has 0 fully saturated rings. The molecule has 64 valence electrons. The number of hydrogen-bond acceptors (Lipinski definition) is 4. The number of thiophene rings is 1. The lowest BCUT2D eigenvalue weighted by molar-refractivity contribution is 1.51. The maximum absolute atomic E-state index is 4.25. The van der Waals surface area contributed by atoms with E-state index in [4.69, 9.17) is 0 Å². The Balaban J connectivity index is 2.04. The van der Waals surface area contributed by atoms with Gasteiger partial charge in [0.25, 0.3) is 0 Å². The zero-order valence-corrected chi connectivity index (χ0v) is 9.61. The summed E-state index contributed by atoms with van der Waals surface area (Å²) in [5.74, 6) is 0.875. The normalized spacial score (nSPS) is 22.8. The topological polar surface area (TPSA) is 0 Å². The van der Waals surface area contributed by atoms with Crippen LogP contribution in [0.4, 0.5) is 0 Å². The molecule has 0 aromatic carbocycles. The van der Waals surface area contributed by atoms with Gasteiger partial charge in [0.2, 0.25) is 0 Å². The molecule has 1 unspecified atom stereocenters. The average molecular weight is 232 g/mol. The third-order valence-electron chi connectivity index (χ3n) is 1.51. The van der Waals surface area contributed by atoms with Crippen LogP contribution in [0.25, 0.3) is 0 Å². The highest BCUT2D eigenvalue weighted by molar-refractivity contribution is 8.22. The van der Waals surface area contributed by atoms with Gasteiger partial charge in [0.1, 0.15) is 0 Å². The highest BCUT2D eigenvalue weighted by atomic mass is 32.2. The van der Waals surface area contributed by atoms with Crippen LogP contribution in [0.3, 0.4) is 0 Å². The van der Waals surface area contributed by atoms with E-state index >= 15 is 0 Å². The van der Waals surface area contributed by atoms with E-state index in [0.29, 0.717) is 4.58 Å². The van der Waals surface area contributed by atoms with Crippen molar-refractivity contribution >= 4 is 47.5 Å². The van der Waals surface area contributed by atoms with Crippen molar-refractivity contribution in [3.8, 4) is 0 Å². The molecular formula is C8H8S4. The van der Waals surface area contributed by atoms with Crippen LogP contribution in [0.2, 0.25) is 0 Å². The van der Waals surface area contributed by atoms with E-state index in [-0.39, 0.29) is 0 Å². The van der Waals surface area contributed by atoms with Crippen LogP contribution < -0.4 is 0 Å². The molecule has 12 heavy (non-hydrogen) atoms. The Hall–Kier alpha value is 0.490. The minimum atomic E-state index is 0.590. The molecule has 1 aliphatic heterocycles. The van der Waals surface area contributed by atoms with Gasteiger partial charge >= 0.3 is 0 Å². The van der Waals surface area contributed by atoms with Crippen LogP contribution in [0, 0.1) is 0 Å². The summed E-state index contributed by atoms with van der Waals surface area (Å²) in [4.78, 5) is 2.85. The summed E-state index contributed by atoms with van der Waals surface area (Å²) in [5, 5.41) is 4.36. The Kier molecular flexibility index (Phi) is 3.12. The number of thioether (sulfide) groups is 2. The molecule has 0 N–H and O–H groups in total. The molecular weight excluding hydrogens is 224 g/mol. The minimum absolute atomic E-state index is 0.590. The van der Waals surface area contributed by atoms with Crippen molar-refractivity contribution in [1.29, 1.82) is 0 Å². The predicted molar refractivity (Wildman–Crippen MR) is 64.2 cm³/mol. The first kappa shape index (κ1) is 9.06. The van der Waals surface area contributed by atoms with Crippen molar-refractivity contribution in [2.24, 2.45) is 0 Å². The fourth-order valence-electron chi connectivity index (χ4n) is 0.956. The average Bonchev–Trinajstić information content (AvgIpc) is 2.75. The summed E-state index contributed by atoms with van der Waals surface area (Å²) in [5.41, 5.74) is 0. The maximum Gasteiger partial charge on any atom is 0.0929 e. The van der Waals surface area contributed by atoms with E-state index in [0.717, 1.165) is 5.75 Å². The summed E-state index contributed by atoms with van der Waals surface area (Å²) in [7, 11) is 0. The number of thiol groups is 1. The van der Waals surface area contributed by atoms with Crippen molar-refractivity contribution in [2.45, 2.75) is 4.58 Å². The first-order chi connectivity index (χ1) is 5.90. The van der Waals surface area contributed by atoms with Crippen molar-refractivity contribution < 1.29 is 0 Å². The molecule has 2 rings (SSSR count). The second-order valence-electron chi connectivity index (χ2n) is 2.34. The van der Waals surface area contributed by atoms with Crippen molar-refractivity contribution in [1.82, 2.24) is 0 Å². The molecule has 0 radical (unpaired) electrons. The third kappa shape index (κ3) is 1.87. The Morgan fingerprint density at radius 1 is 1.50 bits per heavy atom. The Morgan fingerprint density at radius 2 is 2.42 bits per heavy atom. The largest absolute Gasteiger partial charge is 0.174 e. The van der Waals surface area contributed by atoms with Crippen LogP contribution in [0.15, 0.2) is 27.8 Å². The van der Waals surface area contributed by atoms with E-state index in [2.05, 4.69) is 35.5 Å². The molecule has 4 heteroatoms. The van der Waals surface area contributed by atoms with Gasteiger partial charge in [-0.15, -0.1) is 34.9 Å². The molecule has 0 bridgehead atoms. The molecule has 2 heterocycles. The standard InChI is InChI=1S/C8H8S4/c9-4-6-5-11-8(12-6)7-2-1-3-10-7/h1-3,5,8-9H,4H2. The van der Waals surface area contributed by atoms with Gasteiger partial charge in [0.05, 0.1) is 4.58 Å². The van der Waals surface area contributed by atoms with Gasteiger partial charge in [-0.3, -0.25) is 0 Å². The molecule has 0 saturated carbocycles. The summed E-state index contributed by atoms with van der Waals surface area (Å²) in [6, 6.07) is 4.31. The zero-order valence-electron chi connectivity index (χ0n) is 6.27. The lowest BCUT2D eigenvalue weighted by atomic mass is 10.5. The summed E-state index contributed by atoms with van der Waals surface area (Å²) in [6.45, 7) is 0. The van der Waals surface area contributed by atoms with E-state index < -0.39 is 0 Å². The molecule has 0 spiro atoms. The van der Waals surface area contributed by atoms with Gasteiger partial charge in [-0.25, -0.2) is 0 Å². The summed E-state index contributed by atoms with van der Waals surface area (Å²) in [6.07, 6.45) is 0. The molecule has 1 atom stereocenters. The first-order valence-electron chi connectivity index (χ1n) is 3.55. The molecule has 1 aliphatic rings. The van der Waals surface area contributed by atoms with E-state index in [1.165, 1.54) is 9.78 Å². The maximum atomic E-state index is 4.25. The second-order valence-corrected chi connectivity index (χ2v) is 6.15. The Morgan fingerprint density at radius 3 is 3.00 bits per heavy atom. The van der Waals surface area contributed by atoms with Gasteiger partial charge in [0, 0.05) is 15.5 Å². The Bertz CT molecular complexity index is 275. The van der Waals surface area contributed by atoms with Gasteiger partial charge in [-0.1, -0.05) is 6.07 Å². The summed E-state index contributed by atoms with van der Waals surface area (Å²) >= 11 is 9.91. The van der Waals surface area contributed by atoms with Crippen molar-refractivity contribution in [2.75, 3.05) is 5.75 Å². The van der Waals surface area contributed by atoms with E-state index in [1.54, 1.807) is 0 Å².